The molecule has 1 aromatic carbocycles. The van der Waals surface area contributed by atoms with E-state index in [1.54, 1.807) is 10.9 Å². The minimum atomic E-state index is -1.05. The molecule has 1 amide bonds. The van der Waals surface area contributed by atoms with Crippen LogP contribution in [0.1, 0.15) is 22.8 Å². The van der Waals surface area contributed by atoms with E-state index in [1.165, 1.54) is 12.3 Å². The van der Waals surface area contributed by atoms with Crippen LogP contribution in [0, 0.1) is 11.6 Å². The Balaban J connectivity index is 1.70. The number of benzene rings is 1. The summed E-state index contributed by atoms with van der Waals surface area (Å²) in [5.41, 5.74) is 0.544. The molecule has 7 heteroatoms. The SMILES string of the molecule is O=C(Nc1cnn([C@H]2CCOC2)c1)c1ccc(F)c(F)c1. The third-order valence-electron chi connectivity index (χ3n) is 3.32. The number of anilines is 1. The predicted molar refractivity (Wildman–Crippen MR) is 71.0 cm³/mol. The zero-order chi connectivity index (χ0) is 14.8. The predicted octanol–water partition coefficient (Wildman–Crippen LogP) is 2.38. The van der Waals surface area contributed by atoms with E-state index in [1.807, 2.05) is 0 Å². The van der Waals surface area contributed by atoms with Crippen LogP contribution < -0.4 is 5.32 Å². The maximum absolute atomic E-state index is 13.1. The van der Waals surface area contributed by atoms with Crippen molar-refractivity contribution < 1.29 is 18.3 Å². The third kappa shape index (κ3) is 2.92. The molecule has 0 spiro atoms. The second-order valence-corrected chi connectivity index (χ2v) is 4.81. The Hall–Kier alpha value is -2.28. The molecule has 1 aromatic heterocycles. The number of halogens is 2. The minimum Gasteiger partial charge on any atom is -0.379 e. The molecule has 1 saturated heterocycles. The summed E-state index contributed by atoms with van der Waals surface area (Å²) in [6.07, 6.45) is 4.07. The summed E-state index contributed by atoms with van der Waals surface area (Å²) in [4.78, 5) is 11.9. The maximum Gasteiger partial charge on any atom is 0.255 e. The first-order chi connectivity index (χ1) is 10.1. The third-order valence-corrected chi connectivity index (χ3v) is 3.32. The summed E-state index contributed by atoms with van der Waals surface area (Å²) in [5.74, 6) is -2.56. The van der Waals surface area contributed by atoms with Crippen LogP contribution >= 0.6 is 0 Å². The van der Waals surface area contributed by atoms with Crippen LogP contribution in [0.3, 0.4) is 0 Å². The highest BCUT2D eigenvalue weighted by molar-refractivity contribution is 6.04. The summed E-state index contributed by atoms with van der Waals surface area (Å²) < 4.78 is 32.9. The molecule has 1 aliphatic rings. The number of carbonyl (C=O) groups excluding carboxylic acids is 1. The van der Waals surface area contributed by atoms with Gasteiger partial charge in [-0.15, -0.1) is 0 Å². The molecule has 0 unspecified atom stereocenters. The van der Waals surface area contributed by atoms with Crippen LogP contribution in [0.15, 0.2) is 30.6 Å². The Labute approximate surface area is 119 Å². The van der Waals surface area contributed by atoms with Crippen molar-refractivity contribution in [2.75, 3.05) is 18.5 Å². The van der Waals surface area contributed by atoms with E-state index in [0.717, 1.165) is 18.6 Å². The summed E-state index contributed by atoms with van der Waals surface area (Å²) in [6.45, 7) is 1.29. The van der Waals surface area contributed by atoms with E-state index in [2.05, 4.69) is 10.4 Å². The van der Waals surface area contributed by atoms with Crippen molar-refractivity contribution in [1.82, 2.24) is 9.78 Å². The molecule has 1 fully saturated rings. The Kier molecular flexibility index (Phi) is 3.66. The molecule has 0 bridgehead atoms. The second kappa shape index (κ2) is 5.61. The van der Waals surface area contributed by atoms with Crippen molar-refractivity contribution in [3.8, 4) is 0 Å². The van der Waals surface area contributed by atoms with Crippen LogP contribution in [0.2, 0.25) is 0 Å². The lowest BCUT2D eigenvalue weighted by molar-refractivity contribution is 0.102. The molecular formula is C14H13F2N3O2. The lowest BCUT2D eigenvalue weighted by Gasteiger charge is -2.07. The van der Waals surface area contributed by atoms with Gasteiger partial charge in [0.05, 0.1) is 24.5 Å². The average molecular weight is 293 g/mol. The number of carbonyl (C=O) groups is 1. The topological polar surface area (TPSA) is 56.2 Å². The number of nitrogens with zero attached hydrogens (tertiary/aromatic N) is 2. The Morgan fingerprint density at radius 2 is 2.24 bits per heavy atom. The molecule has 0 aliphatic carbocycles. The smallest absolute Gasteiger partial charge is 0.255 e. The quantitative estimate of drug-likeness (QED) is 0.945. The lowest BCUT2D eigenvalue weighted by atomic mass is 10.2. The molecule has 3 rings (SSSR count). The highest BCUT2D eigenvalue weighted by atomic mass is 19.2. The van der Waals surface area contributed by atoms with Gasteiger partial charge in [0, 0.05) is 18.4 Å². The lowest BCUT2D eigenvalue weighted by Crippen LogP contribution is -2.12. The number of nitrogens with one attached hydrogen (secondary N) is 1. The van der Waals surface area contributed by atoms with Gasteiger partial charge in [-0.1, -0.05) is 0 Å². The monoisotopic (exact) mass is 293 g/mol. The van der Waals surface area contributed by atoms with Crippen molar-refractivity contribution in [1.29, 1.82) is 0 Å². The highest BCUT2D eigenvalue weighted by Gasteiger charge is 2.19. The molecule has 1 aliphatic heterocycles. The van der Waals surface area contributed by atoms with Crippen LogP contribution in [-0.4, -0.2) is 28.9 Å². The van der Waals surface area contributed by atoms with Crippen LogP contribution in [0.4, 0.5) is 14.5 Å². The number of rotatable bonds is 3. The molecule has 1 N–H and O–H groups in total. The fraction of sp³-hybridized carbons (Fsp3) is 0.286. The molecule has 110 valence electrons. The van der Waals surface area contributed by atoms with Gasteiger partial charge in [-0.3, -0.25) is 9.48 Å². The van der Waals surface area contributed by atoms with Gasteiger partial charge in [-0.25, -0.2) is 8.78 Å². The molecule has 0 radical (unpaired) electrons. The van der Waals surface area contributed by atoms with Gasteiger partial charge in [0.25, 0.3) is 5.91 Å². The number of ether oxygens (including phenoxy) is 1. The molecule has 2 heterocycles. The molecular weight excluding hydrogens is 280 g/mol. The summed E-state index contributed by atoms with van der Waals surface area (Å²) >= 11 is 0. The normalized spacial score (nSPS) is 17.9. The summed E-state index contributed by atoms with van der Waals surface area (Å²) in [7, 11) is 0. The minimum absolute atomic E-state index is 0.0471. The first kappa shape index (κ1) is 13.7. The Bertz CT molecular complexity index is 666. The van der Waals surface area contributed by atoms with E-state index >= 15 is 0 Å². The zero-order valence-corrected chi connectivity index (χ0v) is 11.1. The Morgan fingerprint density at radius 3 is 2.95 bits per heavy atom. The first-order valence-corrected chi connectivity index (χ1v) is 6.52. The molecule has 2 aromatic rings. The van der Waals surface area contributed by atoms with Gasteiger partial charge in [-0.05, 0) is 24.6 Å². The Morgan fingerprint density at radius 1 is 1.38 bits per heavy atom. The molecule has 21 heavy (non-hydrogen) atoms. The van der Waals surface area contributed by atoms with E-state index in [9.17, 15) is 13.6 Å². The zero-order valence-electron chi connectivity index (χ0n) is 11.1. The van der Waals surface area contributed by atoms with Gasteiger partial charge < -0.3 is 10.1 Å². The van der Waals surface area contributed by atoms with E-state index in [0.29, 0.717) is 18.9 Å². The largest absolute Gasteiger partial charge is 0.379 e. The summed E-state index contributed by atoms with van der Waals surface area (Å²) in [5, 5.41) is 6.76. The van der Waals surface area contributed by atoms with Gasteiger partial charge in [-0.2, -0.15) is 5.10 Å². The van der Waals surface area contributed by atoms with Crippen molar-refractivity contribution >= 4 is 11.6 Å². The fourth-order valence-electron chi connectivity index (χ4n) is 2.17. The second-order valence-electron chi connectivity index (χ2n) is 4.81. The van der Waals surface area contributed by atoms with Crippen molar-refractivity contribution in [2.24, 2.45) is 0 Å². The number of amides is 1. The molecule has 1 atom stereocenters. The number of hydrogen-bond acceptors (Lipinski definition) is 3. The van der Waals surface area contributed by atoms with E-state index < -0.39 is 17.5 Å². The molecule has 0 saturated carbocycles. The van der Waals surface area contributed by atoms with Crippen LogP contribution in [0.5, 0.6) is 0 Å². The van der Waals surface area contributed by atoms with Crippen LogP contribution in [0.25, 0.3) is 0 Å². The number of hydrogen-bond donors (Lipinski definition) is 1. The van der Waals surface area contributed by atoms with Gasteiger partial charge >= 0.3 is 0 Å². The maximum atomic E-state index is 13.1. The van der Waals surface area contributed by atoms with E-state index in [4.69, 9.17) is 4.74 Å². The van der Waals surface area contributed by atoms with Gasteiger partial charge in [0.1, 0.15) is 0 Å². The van der Waals surface area contributed by atoms with Gasteiger partial charge in [0.15, 0.2) is 11.6 Å². The molecule has 5 nitrogen and oxygen atoms in total. The van der Waals surface area contributed by atoms with Crippen molar-refractivity contribution in [2.45, 2.75) is 12.5 Å². The van der Waals surface area contributed by atoms with Crippen molar-refractivity contribution in [3.05, 3.63) is 47.8 Å². The van der Waals surface area contributed by atoms with Gasteiger partial charge in [0.2, 0.25) is 0 Å². The fourth-order valence-corrected chi connectivity index (χ4v) is 2.17. The standard InChI is InChI=1S/C14H13F2N3O2/c15-12-2-1-9(5-13(12)16)14(20)18-10-6-17-19(7-10)11-3-4-21-8-11/h1-2,5-7,11H,3-4,8H2,(H,18,20)/t11-/m0/s1. The highest BCUT2D eigenvalue weighted by Crippen LogP contribution is 2.20. The number of aromatic nitrogens is 2. The van der Waals surface area contributed by atoms with Crippen molar-refractivity contribution in [3.63, 3.8) is 0 Å². The van der Waals surface area contributed by atoms with E-state index in [-0.39, 0.29) is 11.6 Å². The first-order valence-electron chi connectivity index (χ1n) is 6.52. The van der Waals surface area contributed by atoms with Crippen LogP contribution in [-0.2, 0) is 4.74 Å². The average Bonchev–Trinajstić information content (AvgIpc) is 3.12. The summed E-state index contributed by atoms with van der Waals surface area (Å²) in [6, 6.07) is 3.17.